The summed E-state index contributed by atoms with van der Waals surface area (Å²) in [5.41, 5.74) is 0.392. The molecule has 0 unspecified atom stereocenters. The minimum absolute atomic E-state index is 0.164. The van der Waals surface area contributed by atoms with E-state index in [1.54, 1.807) is 0 Å². The predicted molar refractivity (Wildman–Crippen MR) is 62.5 cm³/mol. The maximum absolute atomic E-state index is 12.9. The molecule has 16 heavy (non-hydrogen) atoms. The Morgan fingerprint density at radius 2 is 2.31 bits per heavy atom. The van der Waals surface area contributed by atoms with Gasteiger partial charge >= 0.3 is 0 Å². The van der Waals surface area contributed by atoms with E-state index in [0.29, 0.717) is 25.3 Å². The molecular weight excluding hydrogens is 229 g/mol. The zero-order valence-corrected chi connectivity index (χ0v) is 9.89. The van der Waals surface area contributed by atoms with Crippen LogP contribution in [-0.4, -0.2) is 25.7 Å². The fourth-order valence-electron chi connectivity index (χ4n) is 1.14. The van der Waals surface area contributed by atoms with Gasteiger partial charge in [0.25, 0.3) is 5.91 Å². The molecule has 1 aromatic carbocycles. The fraction of sp³-hybridized carbons (Fsp3) is 0.364. The lowest BCUT2D eigenvalue weighted by Crippen LogP contribution is -2.27. The molecule has 0 atom stereocenters. The van der Waals surface area contributed by atoms with Crippen LogP contribution in [0.25, 0.3) is 0 Å². The summed E-state index contributed by atoms with van der Waals surface area (Å²) in [6.07, 6.45) is 0. The molecule has 3 nitrogen and oxygen atoms in total. The molecule has 1 aromatic rings. The number of carbonyl (C=O) groups is 1. The summed E-state index contributed by atoms with van der Waals surface area (Å²) in [6, 6.07) is 4.04. The lowest BCUT2D eigenvalue weighted by molar-refractivity contribution is 0.0922. The van der Waals surface area contributed by atoms with E-state index in [1.807, 2.05) is 6.92 Å². The number of rotatable bonds is 5. The van der Waals surface area contributed by atoms with Gasteiger partial charge in [-0.05, 0) is 25.1 Å². The highest BCUT2D eigenvalue weighted by atomic mass is 32.1. The molecule has 0 saturated carbocycles. The van der Waals surface area contributed by atoms with Crippen LogP contribution in [0.1, 0.15) is 17.3 Å². The Morgan fingerprint density at radius 3 is 2.94 bits per heavy atom. The second-order valence-corrected chi connectivity index (χ2v) is 3.60. The number of ether oxygens (including phenoxy) is 1. The molecule has 0 fully saturated rings. The van der Waals surface area contributed by atoms with Crippen molar-refractivity contribution in [2.45, 2.75) is 11.8 Å². The molecule has 0 saturated heterocycles. The van der Waals surface area contributed by atoms with Crippen molar-refractivity contribution in [3.05, 3.63) is 29.6 Å². The van der Waals surface area contributed by atoms with Crippen molar-refractivity contribution in [1.29, 1.82) is 0 Å². The minimum atomic E-state index is -0.436. The Balaban J connectivity index is 2.50. The molecule has 0 aliphatic rings. The molecule has 0 radical (unpaired) electrons. The first-order valence-electron chi connectivity index (χ1n) is 4.99. The summed E-state index contributed by atoms with van der Waals surface area (Å²) in [5.74, 6) is -0.691. The van der Waals surface area contributed by atoms with E-state index in [0.717, 1.165) is 0 Å². The van der Waals surface area contributed by atoms with Crippen molar-refractivity contribution < 1.29 is 13.9 Å². The molecule has 0 spiro atoms. The minimum Gasteiger partial charge on any atom is -0.380 e. The molecule has 1 amide bonds. The molecule has 88 valence electrons. The Kier molecular flexibility index (Phi) is 5.28. The van der Waals surface area contributed by atoms with Gasteiger partial charge in [-0.2, -0.15) is 0 Å². The van der Waals surface area contributed by atoms with Crippen LogP contribution in [0.4, 0.5) is 4.39 Å². The summed E-state index contributed by atoms with van der Waals surface area (Å²) in [4.78, 5) is 11.7. The molecule has 0 aliphatic heterocycles. The maximum Gasteiger partial charge on any atom is 0.251 e. The Bertz CT molecular complexity index is 371. The molecular formula is C11H14FNO2S. The van der Waals surface area contributed by atoms with Crippen molar-refractivity contribution in [3.63, 3.8) is 0 Å². The van der Waals surface area contributed by atoms with Crippen LogP contribution in [0.5, 0.6) is 0 Å². The predicted octanol–water partition coefficient (Wildman–Crippen LogP) is 1.88. The first-order chi connectivity index (χ1) is 7.65. The number of amides is 1. The lowest BCUT2D eigenvalue weighted by atomic mass is 10.2. The highest BCUT2D eigenvalue weighted by Gasteiger charge is 2.07. The van der Waals surface area contributed by atoms with Crippen LogP contribution in [0, 0.1) is 5.82 Å². The fourth-order valence-corrected chi connectivity index (χ4v) is 1.35. The second-order valence-electron chi connectivity index (χ2n) is 3.12. The number of benzene rings is 1. The van der Waals surface area contributed by atoms with E-state index in [-0.39, 0.29) is 10.8 Å². The van der Waals surface area contributed by atoms with Gasteiger partial charge in [0.1, 0.15) is 5.82 Å². The van der Waals surface area contributed by atoms with E-state index >= 15 is 0 Å². The first-order valence-corrected chi connectivity index (χ1v) is 5.44. The van der Waals surface area contributed by atoms with E-state index < -0.39 is 5.82 Å². The van der Waals surface area contributed by atoms with Crippen molar-refractivity contribution in [3.8, 4) is 0 Å². The standard InChI is InChI=1S/C11H14FNO2S/c1-2-15-6-5-13-11(14)8-3-4-9(12)10(16)7-8/h3-4,7,16H,2,5-6H2,1H3,(H,13,14). The molecule has 0 aliphatic carbocycles. The summed E-state index contributed by atoms with van der Waals surface area (Å²) < 4.78 is 18.0. The number of halogens is 1. The maximum atomic E-state index is 12.9. The van der Waals surface area contributed by atoms with Gasteiger partial charge in [0, 0.05) is 23.6 Å². The van der Waals surface area contributed by atoms with Gasteiger partial charge in [0.15, 0.2) is 0 Å². The molecule has 0 bridgehead atoms. The van der Waals surface area contributed by atoms with Gasteiger partial charge in [-0.1, -0.05) is 0 Å². The summed E-state index contributed by atoms with van der Waals surface area (Å²) in [6.45, 7) is 3.41. The van der Waals surface area contributed by atoms with Gasteiger partial charge in [-0.25, -0.2) is 4.39 Å². The van der Waals surface area contributed by atoms with Gasteiger partial charge in [-0.3, -0.25) is 4.79 Å². The number of hydrogen-bond acceptors (Lipinski definition) is 3. The van der Waals surface area contributed by atoms with Crippen molar-refractivity contribution in [2.24, 2.45) is 0 Å². The van der Waals surface area contributed by atoms with E-state index in [9.17, 15) is 9.18 Å². The average molecular weight is 243 g/mol. The van der Waals surface area contributed by atoms with Crippen LogP contribution >= 0.6 is 12.6 Å². The third-order valence-corrected chi connectivity index (χ3v) is 2.29. The monoisotopic (exact) mass is 243 g/mol. The summed E-state index contributed by atoms with van der Waals surface area (Å²) >= 11 is 3.91. The van der Waals surface area contributed by atoms with Gasteiger partial charge < -0.3 is 10.1 Å². The molecule has 1 N–H and O–H groups in total. The molecule has 0 aromatic heterocycles. The van der Waals surface area contributed by atoms with Crippen molar-refractivity contribution in [2.75, 3.05) is 19.8 Å². The van der Waals surface area contributed by atoms with E-state index in [1.165, 1.54) is 18.2 Å². The van der Waals surface area contributed by atoms with Crippen LogP contribution in [0.2, 0.25) is 0 Å². The Labute approximate surface area is 99.4 Å². The third kappa shape index (κ3) is 3.83. The van der Waals surface area contributed by atoms with Crippen molar-refractivity contribution >= 4 is 18.5 Å². The zero-order chi connectivity index (χ0) is 12.0. The number of hydrogen-bond donors (Lipinski definition) is 2. The normalized spacial score (nSPS) is 10.2. The van der Waals surface area contributed by atoms with Crippen LogP contribution in [0.3, 0.4) is 0 Å². The number of thiol groups is 1. The SMILES string of the molecule is CCOCCNC(=O)c1ccc(F)c(S)c1. The Morgan fingerprint density at radius 1 is 1.56 bits per heavy atom. The van der Waals surface area contributed by atoms with Crippen LogP contribution in [-0.2, 0) is 4.74 Å². The average Bonchev–Trinajstić information content (AvgIpc) is 2.28. The molecule has 5 heteroatoms. The highest BCUT2D eigenvalue weighted by Crippen LogP contribution is 2.13. The largest absolute Gasteiger partial charge is 0.380 e. The van der Waals surface area contributed by atoms with Gasteiger partial charge in [0.05, 0.1) is 6.61 Å². The lowest BCUT2D eigenvalue weighted by Gasteiger charge is -2.05. The Hall–Kier alpha value is -1.07. The topological polar surface area (TPSA) is 38.3 Å². The van der Waals surface area contributed by atoms with Crippen molar-refractivity contribution in [1.82, 2.24) is 5.32 Å². The second kappa shape index (κ2) is 6.50. The third-order valence-electron chi connectivity index (χ3n) is 1.94. The summed E-state index contributed by atoms with van der Waals surface area (Å²) in [7, 11) is 0. The zero-order valence-electron chi connectivity index (χ0n) is 9.00. The summed E-state index contributed by atoms with van der Waals surface area (Å²) in [5, 5.41) is 2.66. The first kappa shape index (κ1) is 13.0. The van der Waals surface area contributed by atoms with Gasteiger partial charge in [0.2, 0.25) is 0 Å². The van der Waals surface area contributed by atoms with Crippen LogP contribution < -0.4 is 5.32 Å². The highest BCUT2D eigenvalue weighted by molar-refractivity contribution is 7.80. The number of carbonyl (C=O) groups excluding carboxylic acids is 1. The number of nitrogens with one attached hydrogen (secondary N) is 1. The van der Waals surface area contributed by atoms with E-state index in [2.05, 4.69) is 17.9 Å². The van der Waals surface area contributed by atoms with Gasteiger partial charge in [-0.15, -0.1) is 12.6 Å². The molecule has 0 heterocycles. The van der Waals surface area contributed by atoms with Crippen LogP contribution in [0.15, 0.2) is 23.1 Å². The molecule has 1 rings (SSSR count). The van der Waals surface area contributed by atoms with E-state index in [4.69, 9.17) is 4.74 Å². The smallest absolute Gasteiger partial charge is 0.251 e. The quantitative estimate of drug-likeness (QED) is 0.612.